The van der Waals surface area contributed by atoms with E-state index in [4.69, 9.17) is 0 Å². The number of phenolic OH excluding ortho intramolecular Hbond substituents is 1. The van der Waals surface area contributed by atoms with Crippen LogP contribution in [-0.2, 0) is 0 Å². The number of nitro benzene ring substituents is 2. The number of hydrogen-bond donors (Lipinski definition) is 1. The molecule has 0 fully saturated rings. The summed E-state index contributed by atoms with van der Waals surface area (Å²) in [5.41, 5.74) is -0.785. The number of non-ortho nitro benzene ring substituents is 1. The number of rotatable bonds is 4. The van der Waals surface area contributed by atoms with Gasteiger partial charge in [-0.05, 0) is 12.3 Å². The molecule has 93 valence electrons. The summed E-state index contributed by atoms with van der Waals surface area (Å²) >= 11 is 0. The van der Waals surface area contributed by atoms with Crippen LogP contribution in [0.3, 0.4) is 0 Å². The minimum absolute atomic E-state index is 0. The Balaban J connectivity index is 0.00000289. The van der Waals surface area contributed by atoms with E-state index in [0.717, 1.165) is 6.07 Å². The average molecular weight is 263 g/mol. The average Bonchev–Trinajstić information content (AvgIpc) is 2.27. The summed E-state index contributed by atoms with van der Waals surface area (Å²) in [6.45, 7) is 3.57. The third-order valence-corrected chi connectivity index (χ3v) is 2.65. The van der Waals surface area contributed by atoms with Crippen LogP contribution in [-0.4, -0.2) is 44.5 Å². The second-order valence-electron chi connectivity index (χ2n) is 3.73. The van der Waals surface area contributed by atoms with Gasteiger partial charge in [0.15, 0.2) is 5.75 Å². The van der Waals surface area contributed by atoms with Crippen LogP contribution in [0.5, 0.6) is 5.75 Å². The molecule has 1 aromatic carbocycles. The Morgan fingerprint density at radius 3 is 2.22 bits per heavy atom. The van der Waals surface area contributed by atoms with Crippen LogP contribution in [0.15, 0.2) is 12.1 Å². The summed E-state index contributed by atoms with van der Waals surface area (Å²) in [5, 5.41) is 31.0. The third-order valence-electron chi connectivity index (χ3n) is 2.65. The van der Waals surface area contributed by atoms with Crippen molar-refractivity contribution in [2.45, 2.75) is 26.2 Å². The van der Waals surface area contributed by atoms with Crippen molar-refractivity contribution in [3.63, 3.8) is 0 Å². The van der Waals surface area contributed by atoms with Crippen LogP contribution in [0.2, 0.25) is 0 Å². The Bertz CT molecular complexity index is 478. The van der Waals surface area contributed by atoms with Crippen LogP contribution >= 0.6 is 0 Å². The van der Waals surface area contributed by atoms with Gasteiger partial charge in [0.05, 0.1) is 15.9 Å². The number of nitro groups is 2. The van der Waals surface area contributed by atoms with E-state index in [1.165, 1.54) is 6.07 Å². The summed E-state index contributed by atoms with van der Waals surface area (Å²) in [4.78, 5) is 19.8. The maximum absolute atomic E-state index is 10.7. The normalized spacial score (nSPS) is 11.4. The predicted octanol–water partition coefficient (Wildman–Crippen LogP) is 2.34. The minimum atomic E-state index is -0.825. The second-order valence-corrected chi connectivity index (χ2v) is 3.73. The number of phenols is 1. The number of hydrogen-bond acceptors (Lipinski definition) is 5. The summed E-state index contributed by atoms with van der Waals surface area (Å²) in [7, 11) is 0. The zero-order valence-electron chi connectivity index (χ0n) is 10.4. The third kappa shape index (κ3) is 3.41. The molecule has 0 aliphatic rings. The predicted molar refractivity (Wildman–Crippen MR) is 65.9 cm³/mol. The monoisotopic (exact) mass is 263 g/mol. The first-order valence-corrected chi connectivity index (χ1v) is 5.04. The van der Waals surface area contributed by atoms with Gasteiger partial charge in [-0.15, -0.1) is 0 Å². The number of benzene rings is 1. The second kappa shape index (κ2) is 6.67. The molecule has 7 nitrogen and oxygen atoms in total. The summed E-state index contributed by atoms with van der Waals surface area (Å²) in [5.74, 6) is -0.677. The van der Waals surface area contributed by atoms with E-state index < -0.39 is 21.3 Å². The Hall–Kier alpha value is -1.18. The molecule has 0 aliphatic heterocycles. The SMILES string of the molecule is CCC(C)c1cc([N+](=O)[O-])cc([N+](=O)[O-])c1O.[Na]. The molecule has 1 N–H and O–H groups in total. The van der Waals surface area contributed by atoms with E-state index in [0.29, 0.717) is 6.42 Å². The van der Waals surface area contributed by atoms with Crippen molar-refractivity contribution < 1.29 is 15.0 Å². The first-order valence-electron chi connectivity index (χ1n) is 5.04. The molecule has 1 unspecified atom stereocenters. The molecule has 0 aromatic heterocycles. The van der Waals surface area contributed by atoms with Crippen molar-refractivity contribution in [1.29, 1.82) is 0 Å². The van der Waals surface area contributed by atoms with Gasteiger partial charge in [0.25, 0.3) is 5.69 Å². The number of aromatic hydroxyl groups is 1. The van der Waals surface area contributed by atoms with Crippen molar-refractivity contribution in [2.24, 2.45) is 0 Å². The van der Waals surface area contributed by atoms with Crippen molar-refractivity contribution in [2.75, 3.05) is 0 Å². The first kappa shape index (κ1) is 16.8. The van der Waals surface area contributed by atoms with Gasteiger partial charge < -0.3 is 5.11 Å². The topological polar surface area (TPSA) is 107 Å². The maximum Gasteiger partial charge on any atom is 0.317 e. The van der Waals surface area contributed by atoms with E-state index in [1.807, 2.05) is 6.92 Å². The Morgan fingerprint density at radius 2 is 1.83 bits per heavy atom. The molecule has 0 bridgehead atoms. The zero-order valence-corrected chi connectivity index (χ0v) is 12.4. The standard InChI is InChI=1S/C10H12N2O5.Na/c1-3-6(2)8-4-7(11(14)15)5-9(10(8)13)12(16)17;/h4-6,13H,3H2,1-2H3;. The van der Waals surface area contributed by atoms with Gasteiger partial charge in [0, 0.05) is 41.2 Å². The zero-order chi connectivity index (χ0) is 13.2. The fraction of sp³-hybridized carbons (Fsp3) is 0.400. The van der Waals surface area contributed by atoms with Crippen molar-refractivity contribution in [1.82, 2.24) is 0 Å². The molecular formula is C10H12N2NaO5. The van der Waals surface area contributed by atoms with Crippen molar-refractivity contribution >= 4 is 40.9 Å². The first-order chi connectivity index (χ1) is 7.88. The Labute approximate surface area is 125 Å². The van der Waals surface area contributed by atoms with Gasteiger partial charge in [-0.3, -0.25) is 20.2 Å². The van der Waals surface area contributed by atoms with Crippen LogP contribution < -0.4 is 0 Å². The van der Waals surface area contributed by atoms with Gasteiger partial charge in [-0.25, -0.2) is 0 Å². The van der Waals surface area contributed by atoms with E-state index in [9.17, 15) is 25.3 Å². The number of nitrogens with zero attached hydrogens (tertiary/aromatic N) is 2. The molecule has 0 saturated carbocycles. The molecule has 0 spiro atoms. The summed E-state index contributed by atoms with van der Waals surface area (Å²) < 4.78 is 0. The quantitative estimate of drug-likeness (QED) is 0.509. The molecule has 0 heterocycles. The van der Waals surface area contributed by atoms with Gasteiger partial charge in [0.1, 0.15) is 0 Å². The Morgan fingerprint density at radius 1 is 1.28 bits per heavy atom. The molecule has 1 radical (unpaired) electrons. The van der Waals surface area contributed by atoms with Crippen LogP contribution in [0.1, 0.15) is 31.7 Å². The molecule has 1 atom stereocenters. The van der Waals surface area contributed by atoms with E-state index in [-0.39, 0.29) is 46.7 Å². The molecular weight excluding hydrogens is 251 g/mol. The van der Waals surface area contributed by atoms with E-state index in [1.54, 1.807) is 6.92 Å². The van der Waals surface area contributed by atoms with Gasteiger partial charge >= 0.3 is 5.69 Å². The smallest absolute Gasteiger partial charge is 0.317 e. The van der Waals surface area contributed by atoms with Crippen LogP contribution in [0.4, 0.5) is 11.4 Å². The summed E-state index contributed by atoms with van der Waals surface area (Å²) in [6, 6.07) is 1.94. The largest absolute Gasteiger partial charge is 0.502 e. The van der Waals surface area contributed by atoms with Crippen molar-refractivity contribution in [3.05, 3.63) is 37.9 Å². The van der Waals surface area contributed by atoms with Crippen LogP contribution in [0.25, 0.3) is 0 Å². The van der Waals surface area contributed by atoms with E-state index >= 15 is 0 Å². The van der Waals surface area contributed by atoms with Crippen molar-refractivity contribution in [3.8, 4) is 5.75 Å². The van der Waals surface area contributed by atoms with Crippen LogP contribution in [0, 0.1) is 20.2 Å². The molecule has 0 amide bonds. The fourth-order valence-electron chi connectivity index (χ4n) is 1.47. The fourth-order valence-corrected chi connectivity index (χ4v) is 1.47. The minimum Gasteiger partial charge on any atom is -0.502 e. The van der Waals surface area contributed by atoms with Gasteiger partial charge in [-0.2, -0.15) is 0 Å². The van der Waals surface area contributed by atoms with Gasteiger partial charge in [0.2, 0.25) is 0 Å². The summed E-state index contributed by atoms with van der Waals surface area (Å²) in [6.07, 6.45) is 0.617. The van der Waals surface area contributed by atoms with Gasteiger partial charge in [-0.1, -0.05) is 13.8 Å². The molecule has 0 saturated heterocycles. The molecule has 18 heavy (non-hydrogen) atoms. The van der Waals surface area contributed by atoms with E-state index in [2.05, 4.69) is 0 Å². The Kier molecular flexibility index (Phi) is 6.23. The molecule has 1 aromatic rings. The maximum atomic E-state index is 10.7. The molecule has 0 aliphatic carbocycles. The molecule has 1 rings (SSSR count). The molecule has 8 heteroatoms.